The van der Waals surface area contributed by atoms with Crippen LogP contribution in [0.1, 0.15) is 45.6 Å². The Bertz CT molecular complexity index is 516. The molecule has 1 heterocycles. The predicted octanol–water partition coefficient (Wildman–Crippen LogP) is 4.68. The van der Waals surface area contributed by atoms with Crippen molar-refractivity contribution in [3.8, 4) is 5.75 Å². The molecule has 1 aromatic rings. The summed E-state index contributed by atoms with van der Waals surface area (Å²) in [4.78, 5) is 11.5. The zero-order chi connectivity index (χ0) is 15.4. The van der Waals surface area contributed by atoms with Gasteiger partial charge in [0.1, 0.15) is 5.75 Å². The molecule has 0 fully saturated rings. The fourth-order valence-electron chi connectivity index (χ4n) is 2.48. The summed E-state index contributed by atoms with van der Waals surface area (Å²) in [7, 11) is 0. The molecule has 1 aliphatic heterocycles. The molecule has 0 radical (unpaired) electrons. The van der Waals surface area contributed by atoms with Crippen molar-refractivity contribution in [1.29, 1.82) is 0 Å². The molecule has 0 aromatic heterocycles. The number of fused-ring (bicyclic) bond motifs is 1. The Balaban J connectivity index is 1.93. The number of carbonyl (C=O) groups is 1. The molecule has 0 saturated heterocycles. The van der Waals surface area contributed by atoms with Crippen LogP contribution >= 0.6 is 11.6 Å². The summed E-state index contributed by atoms with van der Waals surface area (Å²) in [6.45, 7) is 7.41. The van der Waals surface area contributed by atoms with Crippen LogP contribution in [0.2, 0.25) is 5.02 Å². The summed E-state index contributed by atoms with van der Waals surface area (Å²) in [5.74, 6) is 2.04. The Morgan fingerprint density at radius 3 is 2.71 bits per heavy atom. The molecule has 116 valence electrons. The minimum atomic E-state index is -0.0206. The summed E-state index contributed by atoms with van der Waals surface area (Å²) in [5.41, 5.74) is 1.60. The standard InChI is InChI=1S/C17H24ClNO2/c1-4-11(2)5-6-12(3)10-21-15-8-7-14(18)17-13(15)9-16(20)19-17/h7-8,11-12H,4-6,9-10H2,1-3H3,(H,19,20). The molecule has 2 unspecified atom stereocenters. The van der Waals surface area contributed by atoms with E-state index in [0.29, 0.717) is 29.7 Å². The van der Waals surface area contributed by atoms with Crippen LogP contribution in [0.3, 0.4) is 0 Å². The molecule has 0 saturated carbocycles. The smallest absolute Gasteiger partial charge is 0.229 e. The van der Waals surface area contributed by atoms with Crippen molar-refractivity contribution in [3.63, 3.8) is 0 Å². The summed E-state index contributed by atoms with van der Waals surface area (Å²) >= 11 is 6.10. The molecule has 21 heavy (non-hydrogen) atoms. The molecule has 0 bridgehead atoms. The van der Waals surface area contributed by atoms with E-state index in [1.165, 1.54) is 19.3 Å². The van der Waals surface area contributed by atoms with Gasteiger partial charge in [-0.25, -0.2) is 0 Å². The number of halogens is 1. The van der Waals surface area contributed by atoms with Crippen LogP contribution in [0.25, 0.3) is 0 Å². The highest BCUT2D eigenvalue weighted by Crippen LogP contribution is 2.37. The molecule has 2 rings (SSSR count). The first kappa shape index (κ1) is 16.2. The third-order valence-corrected chi connectivity index (χ3v) is 4.51. The lowest BCUT2D eigenvalue weighted by Gasteiger charge is -2.17. The Hall–Kier alpha value is -1.22. The second kappa shape index (κ2) is 7.17. The van der Waals surface area contributed by atoms with Gasteiger partial charge >= 0.3 is 0 Å². The van der Waals surface area contributed by atoms with Crippen LogP contribution in [0.5, 0.6) is 5.75 Å². The first-order chi connectivity index (χ1) is 10.0. The van der Waals surface area contributed by atoms with E-state index in [0.717, 1.165) is 17.2 Å². The number of rotatable bonds is 7. The van der Waals surface area contributed by atoms with Gasteiger partial charge in [0.15, 0.2) is 0 Å². The van der Waals surface area contributed by atoms with Crippen molar-refractivity contribution in [2.24, 2.45) is 11.8 Å². The van der Waals surface area contributed by atoms with Gasteiger partial charge in [-0.1, -0.05) is 45.2 Å². The van der Waals surface area contributed by atoms with E-state index in [4.69, 9.17) is 16.3 Å². The first-order valence-electron chi connectivity index (χ1n) is 7.75. The van der Waals surface area contributed by atoms with Crippen LogP contribution in [-0.4, -0.2) is 12.5 Å². The van der Waals surface area contributed by atoms with E-state index >= 15 is 0 Å². The van der Waals surface area contributed by atoms with E-state index in [9.17, 15) is 4.79 Å². The van der Waals surface area contributed by atoms with Crippen LogP contribution in [0, 0.1) is 11.8 Å². The number of hydrogen-bond acceptors (Lipinski definition) is 2. The molecule has 0 aliphatic carbocycles. The highest BCUT2D eigenvalue weighted by molar-refractivity contribution is 6.34. The lowest BCUT2D eigenvalue weighted by Crippen LogP contribution is -2.11. The fraction of sp³-hybridized carbons (Fsp3) is 0.588. The summed E-state index contributed by atoms with van der Waals surface area (Å²) in [6, 6.07) is 3.65. The van der Waals surface area contributed by atoms with Crippen molar-refractivity contribution >= 4 is 23.2 Å². The van der Waals surface area contributed by atoms with Gasteiger partial charge in [-0.05, 0) is 30.4 Å². The minimum absolute atomic E-state index is 0.0206. The third-order valence-electron chi connectivity index (χ3n) is 4.19. The van der Waals surface area contributed by atoms with Crippen molar-refractivity contribution in [2.45, 2.75) is 46.5 Å². The van der Waals surface area contributed by atoms with Crippen LogP contribution in [0.15, 0.2) is 12.1 Å². The Morgan fingerprint density at radius 1 is 1.29 bits per heavy atom. The second-order valence-corrected chi connectivity index (χ2v) is 6.54. The average molecular weight is 310 g/mol. The molecule has 1 N–H and O–H groups in total. The van der Waals surface area contributed by atoms with E-state index in [-0.39, 0.29) is 5.91 Å². The molecule has 4 heteroatoms. The van der Waals surface area contributed by atoms with Crippen molar-refractivity contribution < 1.29 is 9.53 Å². The molecular weight excluding hydrogens is 286 g/mol. The number of amides is 1. The van der Waals surface area contributed by atoms with Crippen molar-refractivity contribution in [2.75, 3.05) is 11.9 Å². The topological polar surface area (TPSA) is 38.3 Å². The summed E-state index contributed by atoms with van der Waals surface area (Å²) in [6.07, 6.45) is 3.99. The van der Waals surface area contributed by atoms with Gasteiger partial charge in [0, 0.05) is 5.56 Å². The monoisotopic (exact) mass is 309 g/mol. The molecule has 1 amide bonds. The van der Waals surface area contributed by atoms with Gasteiger partial charge in [0.05, 0.1) is 23.7 Å². The molecule has 0 spiro atoms. The lowest BCUT2D eigenvalue weighted by atomic mass is 9.97. The van der Waals surface area contributed by atoms with Crippen LogP contribution in [0.4, 0.5) is 5.69 Å². The molecule has 1 aromatic carbocycles. The van der Waals surface area contributed by atoms with E-state index in [2.05, 4.69) is 26.1 Å². The first-order valence-corrected chi connectivity index (χ1v) is 8.13. The van der Waals surface area contributed by atoms with E-state index in [1.807, 2.05) is 6.07 Å². The Kier molecular flexibility index (Phi) is 5.51. The zero-order valence-electron chi connectivity index (χ0n) is 13.0. The number of carbonyl (C=O) groups excluding carboxylic acids is 1. The second-order valence-electron chi connectivity index (χ2n) is 6.13. The Morgan fingerprint density at radius 2 is 2.00 bits per heavy atom. The van der Waals surface area contributed by atoms with Gasteiger partial charge in [0.25, 0.3) is 0 Å². The highest BCUT2D eigenvalue weighted by atomic mass is 35.5. The average Bonchev–Trinajstić information content (AvgIpc) is 2.86. The third kappa shape index (κ3) is 4.13. The van der Waals surface area contributed by atoms with E-state index < -0.39 is 0 Å². The maximum atomic E-state index is 11.5. The fourth-order valence-corrected chi connectivity index (χ4v) is 2.70. The number of ether oxygens (including phenoxy) is 1. The normalized spacial score (nSPS) is 16.3. The number of anilines is 1. The van der Waals surface area contributed by atoms with Gasteiger partial charge in [0.2, 0.25) is 5.91 Å². The zero-order valence-corrected chi connectivity index (χ0v) is 13.8. The van der Waals surface area contributed by atoms with Crippen molar-refractivity contribution in [1.82, 2.24) is 0 Å². The van der Waals surface area contributed by atoms with Crippen LogP contribution in [-0.2, 0) is 11.2 Å². The maximum Gasteiger partial charge on any atom is 0.229 e. The maximum absolute atomic E-state index is 11.5. The van der Waals surface area contributed by atoms with Crippen molar-refractivity contribution in [3.05, 3.63) is 22.7 Å². The number of nitrogens with one attached hydrogen (secondary N) is 1. The predicted molar refractivity (Wildman–Crippen MR) is 87.1 cm³/mol. The largest absolute Gasteiger partial charge is 0.493 e. The van der Waals surface area contributed by atoms with Gasteiger partial charge in [-0.2, -0.15) is 0 Å². The summed E-state index contributed by atoms with van der Waals surface area (Å²) < 4.78 is 5.93. The van der Waals surface area contributed by atoms with Crippen LogP contribution < -0.4 is 10.1 Å². The van der Waals surface area contributed by atoms with Gasteiger partial charge in [-0.15, -0.1) is 0 Å². The number of hydrogen-bond donors (Lipinski definition) is 1. The van der Waals surface area contributed by atoms with Gasteiger partial charge < -0.3 is 10.1 Å². The lowest BCUT2D eigenvalue weighted by molar-refractivity contribution is -0.115. The minimum Gasteiger partial charge on any atom is -0.493 e. The van der Waals surface area contributed by atoms with Gasteiger partial charge in [-0.3, -0.25) is 4.79 Å². The van der Waals surface area contributed by atoms with E-state index in [1.54, 1.807) is 6.07 Å². The number of benzene rings is 1. The highest BCUT2D eigenvalue weighted by Gasteiger charge is 2.24. The Labute approximate surface area is 132 Å². The summed E-state index contributed by atoms with van der Waals surface area (Å²) in [5, 5.41) is 3.37. The SMILES string of the molecule is CCC(C)CCC(C)COc1ccc(Cl)c2c1CC(=O)N2. The molecule has 2 atom stereocenters. The molecule has 3 nitrogen and oxygen atoms in total. The quantitative estimate of drug-likeness (QED) is 0.794. The molecule has 1 aliphatic rings. The molecular formula is C17H24ClNO2.